The van der Waals surface area contributed by atoms with Gasteiger partial charge in [-0.25, -0.2) is 0 Å². The van der Waals surface area contributed by atoms with Crippen molar-refractivity contribution in [1.82, 2.24) is 20.9 Å². The van der Waals surface area contributed by atoms with Crippen molar-refractivity contribution in [1.29, 1.82) is 0 Å². The van der Waals surface area contributed by atoms with Crippen LogP contribution >= 0.6 is 0 Å². The van der Waals surface area contributed by atoms with Crippen LogP contribution in [0.15, 0.2) is 46.3 Å². The number of carboxylic acid groups (broad SMARTS) is 2. The topological polar surface area (TPSA) is 161 Å². The molecule has 44 heavy (non-hydrogen) atoms. The van der Waals surface area contributed by atoms with Gasteiger partial charge in [0.2, 0.25) is 5.91 Å². The predicted octanol–water partition coefficient (Wildman–Crippen LogP) is 3.15. The Morgan fingerprint density at radius 2 is 1.64 bits per heavy atom. The summed E-state index contributed by atoms with van der Waals surface area (Å²) in [6.07, 6.45) is 6.66. The summed E-state index contributed by atoms with van der Waals surface area (Å²) >= 11 is 1.36. The van der Waals surface area contributed by atoms with Crippen LogP contribution in [0.5, 0.6) is 0 Å². The second-order valence-corrected chi connectivity index (χ2v) is 13.6. The van der Waals surface area contributed by atoms with E-state index >= 15 is 0 Å². The van der Waals surface area contributed by atoms with Crippen LogP contribution in [0.2, 0.25) is 0 Å². The van der Waals surface area contributed by atoms with Crippen molar-refractivity contribution < 1.29 is 29.4 Å². The van der Waals surface area contributed by atoms with Crippen LogP contribution in [0.25, 0.3) is 12.2 Å². The third kappa shape index (κ3) is 6.29. The Balaban J connectivity index is 1.51. The number of aromatic amines is 1. The van der Waals surface area contributed by atoms with E-state index in [0.717, 1.165) is 56.4 Å². The third-order valence-corrected chi connectivity index (χ3v) is 10.5. The van der Waals surface area contributed by atoms with E-state index in [4.69, 9.17) is 0 Å². The molecular formula is C33H41N4O6S+. The average molecular weight is 622 g/mol. The van der Waals surface area contributed by atoms with E-state index in [9.17, 15) is 29.4 Å². The number of allylic oxidation sites excluding steroid dienone is 2. The lowest BCUT2D eigenvalue weighted by atomic mass is 9.91. The summed E-state index contributed by atoms with van der Waals surface area (Å²) in [5.74, 6) is -0.793. The lowest BCUT2D eigenvalue weighted by molar-refractivity contribution is -0.138. The van der Waals surface area contributed by atoms with E-state index in [1.807, 2.05) is 39.8 Å². The van der Waals surface area contributed by atoms with Gasteiger partial charge < -0.3 is 31.1 Å². The first-order valence-corrected chi connectivity index (χ1v) is 16.2. The Bertz CT molecular complexity index is 1560. The molecule has 10 nitrogen and oxygen atoms in total. The van der Waals surface area contributed by atoms with Gasteiger partial charge in [0.25, 0.3) is 5.91 Å². The highest BCUT2D eigenvalue weighted by atomic mass is 32.2. The molecule has 5 heterocycles. The highest BCUT2D eigenvalue weighted by Crippen LogP contribution is 2.39. The SMILES string of the molecule is C=CC1=C(C)[C@@H](CC2N/C(=C\c3[nH]c(/C=C4\NC(=O)[C@H](C)[C@H]4[C@H]4C[SH+]4)c(C)c3CCC(=O)O)C(CCC(=O)O)=C2C)NC1=O. The van der Waals surface area contributed by atoms with Gasteiger partial charge in [-0.2, -0.15) is 0 Å². The van der Waals surface area contributed by atoms with Crippen molar-refractivity contribution in [2.75, 3.05) is 5.75 Å². The van der Waals surface area contributed by atoms with Gasteiger partial charge >= 0.3 is 11.9 Å². The number of nitrogens with one attached hydrogen (secondary N) is 4. The first-order valence-electron chi connectivity index (χ1n) is 15.1. The second kappa shape index (κ2) is 12.6. The number of rotatable bonds is 12. The molecule has 1 aromatic heterocycles. The number of amides is 2. The van der Waals surface area contributed by atoms with Gasteiger partial charge in [-0.1, -0.05) is 19.6 Å². The third-order valence-electron chi connectivity index (χ3n) is 9.43. The number of hydrogen-bond acceptors (Lipinski definition) is 5. The summed E-state index contributed by atoms with van der Waals surface area (Å²) < 4.78 is 0. The number of aromatic nitrogens is 1. The molecule has 1 unspecified atom stereocenters. The van der Waals surface area contributed by atoms with Crippen molar-refractivity contribution in [2.24, 2.45) is 11.8 Å². The first-order chi connectivity index (χ1) is 20.9. The molecule has 5 rings (SSSR count). The van der Waals surface area contributed by atoms with E-state index in [1.165, 1.54) is 11.8 Å². The predicted molar refractivity (Wildman–Crippen MR) is 172 cm³/mol. The van der Waals surface area contributed by atoms with Gasteiger partial charge in [-0.3, -0.25) is 19.2 Å². The van der Waals surface area contributed by atoms with Crippen molar-refractivity contribution >= 4 is 47.7 Å². The van der Waals surface area contributed by atoms with Crippen LogP contribution in [0.1, 0.15) is 69.0 Å². The largest absolute Gasteiger partial charge is 0.481 e. The van der Waals surface area contributed by atoms with Gasteiger partial charge in [0.1, 0.15) is 0 Å². The normalized spacial score (nSPS) is 28.1. The molecule has 0 saturated carbocycles. The van der Waals surface area contributed by atoms with Crippen molar-refractivity contribution in [3.8, 4) is 0 Å². The molecular weight excluding hydrogens is 580 g/mol. The fraction of sp³-hybridized carbons (Fsp3) is 0.455. The fourth-order valence-corrected chi connectivity index (χ4v) is 7.70. The van der Waals surface area contributed by atoms with Crippen molar-refractivity contribution in [2.45, 2.75) is 77.1 Å². The number of hydrogen-bond donors (Lipinski definition) is 6. The van der Waals surface area contributed by atoms with Crippen molar-refractivity contribution in [3.05, 3.63) is 68.9 Å². The highest BCUT2D eigenvalue weighted by Gasteiger charge is 2.52. The van der Waals surface area contributed by atoms with Crippen LogP contribution in [0.4, 0.5) is 0 Å². The number of aliphatic carboxylic acids is 2. The zero-order valence-corrected chi connectivity index (χ0v) is 26.4. The van der Waals surface area contributed by atoms with Gasteiger partial charge in [-0.15, -0.1) is 0 Å². The molecule has 0 radical (unpaired) electrons. The van der Waals surface area contributed by atoms with Gasteiger partial charge in [0, 0.05) is 53.2 Å². The molecule has 2 saturated heterocycles. The quantitative estimate of drug-likeness (QED) is 0.119. The Morgan fingerprint density at radius 3 is 2.25 bits per heavy atom. The number of carbonyl (C=O) groups excluding carboxylic acids is 2. The van der Waals surface area contributed by atoms with Gasteiger partial charge in [0.15, 0.2) is 11.0 Å². The van der Waals surface area contributed by atoms with Crippen LogP contribution in [0, 0.1) is 18.8 Å². The number of carbonyl (C=O) groups is 4. The maximum absolute atomic E-state index is 12.6. The van der Waals surface area contributed by atoms with E-state index in [0.29, 0.717) is 30.1 Å². The minimum Gasteiger partial charge on any atom is -0.481 e. The molecule has 234 valence electrons. The summed E-state index contributed by atoms with van der Waals surface area (Å²) in [5, 5.41) is 29.1. The second-order valence-electron chi connectivity index (χ2n) is 12.2. The lowest BCUT2D eigenvalue weighted by Crippen LogP contribution is -2.36. The molecule has 4 aliphatic rings. The maximum atomic E-state index is 12.6. The molecule has 0 bridgehead atoms. The highest BCUT2D eigenvalue weighted by molar-refractivity contribution is 7.86. The molecule has 11 heteroatoms. The number of carboxylic acids is 2. The molecule has 4 aliphatic heterocycles. The van der Waals surface area contributed by atoms with E-state index < -0.39 is 11.9 Å². The van der Waals surface area contributed by atoms with Crippen LogP contribution in [-0.4, -0.2) is 62.0 Å². The zero-order valence-electron chi connectivity index (χ0n) is 25.5. The van der Waals surface area contributed by atoms with Gasteiger partial charge in [0.05, 0.1) is 12.0 Å². The molecule has 6 N–H and O–H groups in total. The molecule has 0 aromatic carbocycles. The summed E-state index contributed by atoms with van der Waals surface area (Å²) in [7, 11) is 0. The van der Waals surface area contributed by atoms with E-state index in [-0.39, 0.29) is 48.6 Å². The maximum Gasteiger partial charge on any atom is 0.303 e. The lowest BCUT2D eigenvalue weighted by Gasteiger charge is -2.20. The summed E-state index contributed by atoms with van der Waals surface area (Å²) in [4.78, 5) is 51.6. The smallest absolute Gasteiger partial charge is 0.303 e. The minimum atomic E-state index is -0.897. The number of thiol groups is 1. The Labute approximate surface area is 261 Å². The molecule has 2 amide bonds. The van der Waals surface area contributed by atoms with Crippen LogP contribution < -0.4 is 16.0 Å². The Morgan fingerprint density at radius 1 is 0.977 bits per heavy atom. The minimum absolute atomic E-state index is 0.0228. The fourth-order valence-electron chi connectivity index (χ4n) is 6.70. The average Bonchev–Trinajstić information content (AvgIpc) is 3.53. The number of H-pyrrole nitrogens is 1. The van der Waals surface area contributed by atoms with E-state index in [2.05, 4.69) is 27.5 Å². The van der Waals surface area contributed by atoms with Crippen molar-refractivity contribution in [3.63, 3.8) is 0 Å². The van der Waals surface area contributed by atoms with E-state index in [1.54, 1.807) is 6.08 Å². The molecule has 0 spiro atoms. The van der Waals surface area contributed by atoms with Crippen LogP contribution in [0.3, 0.4) is 0 Å². The Kier molecular flexibility index (Phi) is 8.97. The standard InChI is InChI=1S/C33H40N4O6S/c1-6-19-15(2)24(36-33(19)43)11-22-16(3)20(7-9-29(38)39)25(34-22)13-26-21(8-10-30(40)41)17(4)23(35-26)12-27-31(28-14-44-28)18(5)32(42)37-27/h6,12-13,18,22,24,28,31,34-35H,1,7-11,14H2,2-5H3,(H,36,43)(H,37,42)(H,38,39)(H,40,41)/p+1/b25-13-,27-12-/t18-,22?,24-,28-,31-/m1/s1. The summed E-state index contributed by atoms with van der Waals surface area (Å²) in [6, 6.07) is -0.314. The molecule has 0 aliphatic carbocycles. The first kappa shape index (κ1) is 31.4. The molecule has 2 fully saturated rings. The zero-order chi connectivity index (χ0) is 31.9. The summed E-state index contributed by atoms with van der Waals surface area (Å²) in [5.41, 5.74) is 8.43. The molecule has 5 atom stereocenters. The van der Waals surface area contributed by atoms with Crippen LogP contribution in [-0.2, 0) is 37.4 Å². The molecule has 1 aromatic rings. The van der Waals surface area contributed by atoms with Gasteiger partial charge in [-0.05, 0) is 91.8 Å². The monoisotopic (exact) mass is 621 g/mol. The summed E-state index contributed by atoms with van der Waals surface area (Å²) in [6.45, 7) is 11.6. The Hall–Kier alpha value is -3.99.